The molecule has 0 aromatic heterocycles. The van der Waals surface area contributed by atoms with Gasteiger partial charge in [0.1, 0.15) is 11.8 Å². The lowest BCUT2D eigenvalue weighted by Gasteiger charge is -2.16. The molecule has 116 valence electrons. The lowest BCUT2D eigenvalue weighted by atomic mass is 10.2. The fourth-order valence-electron chi connectivity index (χ4n) is 1.86. The summed E-state index contributed by atoms with van der Waals surface area (Å²) in [5.41, 5.74) is 0.510. The average Bonchev–Trinajstić information content (AvgIpc) is 2.44. The number of benzene rings is 1. The Morgan fingerprint density at radius 1 is 1.29 bits per heavy atom. The van der Waals surface area contributed by atoms with Crippen LogP contribution in [0.1, 0.15) is 12.8 Å². The largest absolute Gasteiger partial charge is 0.544 e. The van der Waals surface area contributed by atoms with Gasteiger partial charge in [-0.2, -0.15) is 0 Å². The fraction of sp³-hybridized carbons (Fsp3) is 0.429. The zero-order valence-electron chi connectivity index (χ0n) is 12.0. The maximum atomic E-state index is 11.8. The van der Waals surface area contributed by atoms with Crippen molar-refractivity contribution in [1.29, 1.82) is 0 Å². The topological polar surface area (TPSA) is 123 Å². The summed E-state index contributed by atoms with van der Waals surface area (Å²) >= 11 is 0. The number of aromatic hydroxyl groups is 1. The molecule has 1 amide bonds. The van der Waals surface area contributed by atoms with E-state index in [1.165, 1.54) is 12.1 Å². The van der Waals surface area contributed by atoms with Crippen molar-refractivity contribution in [1.82, 2.24) is 0 Å². The second kappa shape index (κ2) is 8.93. The highest BCUT2D eigenvalue weighted by Gasteiger charge is 2.18. The van der Waals surface area contributed by atoms with Crippen molar-refractivity contribution in [2.24, 2.45) is 0 Å². The molecule has 1 aromatic rings. The molecule has 0 unspecified atom stereocenters. The Balaban J connectivity index is 2.44. The number of carbonyl (C=O) groups excluding carboxylic acids is 2. The highest BCUT2D eigenvalue weighted by molar-refractivity contribution is 5.93. The SMILES string of the molecule is C[NH2+]CCC[NH2+][C@@H](CC(=O)Nc1ccc(O)cc1)C(=O)[O-]. The molecule has 6 N–H and O–H groups in total. The van der Waals surface area contributed by atoms with Gasteiger partial charge in [0, 0.05) is 12.1 Å². The monoisotopic (exact) mass is 296 g/mol. The van der Waals surface area contributed by atoms with E-state index >= 15 is 0 Å². The molecular weight excluding hydrogens is 274 g/mol. The lowest BCUT2D eigenvalue weighted by Crippen LogP contribution is -2.94. The zero-order chi connectivity index (χ0) is 15.7. The van der Waals surface area contributed by atoms with Crippen LogP contribution in [-0.4, -0.2) is 43.2 Å². The number of carbonyl (C=O) groups is 2. The first-order chi connectivity index (χ1) is 10.0. The van der Waals surface area contributed by atoms with Crippen molar-refractivity contribution in [2.45, 2.75) is 18.9 Å². The molecule has 0 aliphatic carbocycles. The molecule has 0 saturated heterocycles. The number of quaternary nitrogens is 2. The van der Waals surface area contributed by atoms with E-state index in [0.29, 0.717) is 12.2 Å². The van der Waals surface area contributed by atoms with Gasteiger partial charge in [-0.3, -0.25) is 4.79 Å². The van der Waals surface area contributed by atoms with Gasteiger partial charge in [-0.15, -0.1) is 0 Å². The standard InChI is InChI=1S/C14H21N3O4/c1-15-7-2-8-16-12(14(20)21)9-13(19)17-10-3-5-11(18)6-4-10/h3-6,12,15-16,18H,2,7-9H2,1H3,(H,17,19)(H,20,21)/p+1/t12-/m0/s1. The van der Waals surface area contributed by atoms with Gasteiger partial charge in [-0.1, -0.05) is 0 Å². The third-order valence-electron chi connectivity index (χ3n) is 3.01. The maximum absolute atomic E-state index is 11.8. The number of nitrogens with two attached hydrogens (primary N) is 2. The first-order valence-corrected chi connectivity index (χ1v) is 6.94. The second-order valence-corrected chi connectivity index (χ2v) is 4.80. The minimum atomic E-state index is -1.24. The number of nitrogens with one attached hydrogen (secondary N) is 1. The number of aliphatic carboxylic acids is 1. The average molecular weight is 296 g/mol. The van der Waals surface area contributed by atoms with Gasteiger partial charge in [-0.05, 0) is 24.3 Å². The van der Waals surface area contributed by atoms with Crippen LogP contribution in [0.15, 0.2) is 24.3 Å². The van der Waals surface area contributed by atoms with Crippen molar-refractivity contribution >= 4 is 17.6 Å². The van der Waals surface area contributed by atoms with E-state index in [9.17, 15) is 14.7 Å². The number of phenolic OH excluding ortho intramolecular Hbond substituents is 1. The number of carboxylic acids is 1. The zero-order valence-corrected chi connectivity index (χ0v) is 12.0. The molecule has 0 spiro atoms. The van der Waals surface area contributed by atoms with Crippen LogP contribution in [0.2, 0.25) is 0 Å². The van der Waals surface area contributed by atoms with E-state index in [1.54, 1.807) is 17.4 Å². The molecular formula is C14H22N3O4+. The van der Waals surface area contributed by atoms with E-state index in [0.717, 1.165) is 13.0 Å². The van der Waals surface area contributed by atoms with Gasteiger partial charge in [0.2, 0.25) is 5.91 Å². The number of anilines is 1. The molecule has 0 fully saturated rings. The Hall–Kier alpha value is -2.12. The molecule has 0 aliphatic heterocycles. The van der Waals surface area contributed by atoms with Crippen molar-refractivity contribution in [3.8, 4) is 5.75 Å². The molecule has 1 atom stereocenters. The number of hydrogen-bond donors (Lipinski definition) is 4. The third-order valence-corrected chi connectivity index (χ3v) is 3.01. The van der Waals surface area contributed by atoms with Crippen LogP contribution in [0.3, 0.4) is 0 Å². The molecule has 7 heteroatoms. The minimum Gasteiger partial charge on any atom is -0.544 e. The molecule has 7 nitrogen and oxygen atoms in total. The molecule has 1 aromatic carbocycles. The van der Waals surface area contributed by atoms with Crippen molar-refractivity contribution in [3.63, 3.8) is 0 Å². The summed E-state index contributed by atoms with van der Waals surface area (Å²) in [6, 6.07) is 5.08. The fourth-order valence-corrected chi connectivity index (χ4v) is 1.86. The van der Waals surface area contributed by atoms with Gasteiger partial charge in [-0.25, -0.2) is 0 Å². The smallest absolute Gasteiger partial charge is 0.230 e. The van der Waals surface area contributed by atoms with Crippen LogP contribution in [-0.2, 0) is 9.59 Å². The first-order valence-electron chi connectivity index (χ1n) is 6.94. The summed E-state index contributed by atoms with van der Waals surface area (Å²) < 4.78 is 0. The minimum absolute atomic E-state index is 0.0988. The summed E-state index contributed by atoms with van der Waals surface area (Å²) in [5, 5.41) is 26.4. The molecule has 21 heavy (non-hydrogen) atoms. The maximum Gasteiger partial charge on any atom is 0.230 e. The second-order valence-electron chi connectivity index (χ2n) is 4.80. The first kappa shape index (κ1) is 16.9. The summed E-state index contributed by atoms with van der Waals surface area (Å²) in [5.74, 6) is -1.54. The Morgan fingerprint density at radius 2 is 1.95 bits per heavy atom. The number of phenols is 1. The highest BCUT2D eigenvalue weighted by Crippen LogP contribution is 2.13. The van der Waals surface area contributed by atoms with E-state index in [1.807, 2.05) is 12.4 Å². The number of rotatable bonds is 9. The summed E-state index contributed by atoms with van der Waals surface area (Å²) in [6.07, 6.45) is 0.707. The Morgan fingerprint density at radius 3 is 2.52 bits per heavy atom. The molecule has 0 saturated carbocycles. The normalized spacial score (nSPS) is 11.9. The molecule has 0 aliphatic rings. The van der Waals surface area contributed by atoms with E-state index in [4.69, 9.17) is 5.11 Å². The van der Waals surface area contributed by atoms with Crippen LogP contribution >= 0.6 is 0 Å². The van der Waals surface area contributed by atoms with Gasteiger partial charge in [0.25, 0.3) is 0 Å². The van der Waals surface area contributed by atoms with Crippen LogP contribution < -0.4 is 21.1 Å². The Kier molecular flexibility index (Phi) is 7.20. The third kappa shape index (κ3) is 6.73. The number of carboxylic acid groups (broad SMARTS) is 1. The summed E-state index contributed by atoms with van der Waals surface area (Å²) in [7, 11) is 1.95. The van der Waals surface area contributed by atoms with E-state index in [2.05, 4.69) is 5.32 Å². The number of hydrogen-bond acceptors (Lipinski definition) is 4. The molecule has 0 heterocycles. The summed E-state index contributed by atoms with van der Waals surface area (Å²) in [6.45, 7) is 1.55. The highest BCUT2D eigenvalue weighted by atomic mass is 16.4. The summed E-state index contributed by atoms with van der Waals surface area (Å²) in [4.78, 5) is 22.8. The molecule has 0 radical (unpaired) electrons. The Bertz CT molecular complexity index is 462. The Labute approximate surface area is 123 Å². The van der Waals surface area contributed by atoms with Gasteiger partial charge in [0.05, 0.1) is 32.5 Å². The predicted molar refractivity (Wildman–Crippen MR) is 74.3 cm³/mol. The lowest BCUT2D eigenvalue weighted by molar-refractivity contribution is -0.692. The van der Waals surface area contributed by atoms with Gasteiger partial charge >= 0.3 is 0 Å². The molecule has 1 rings (SSSR count). The van der Waals surface area contributed by atoms with Crippen LogP contribution in [0.25, 0.3) is 0 Å². The van der Waals surface area contributed by atoms with Gasteiger partial charge in [0.15, 0.2) is 0 Å². The van der Waals surface area contributed by atoms with Crippen LogP contribution in [0, 0.1) is 0 Å². The molecule has 0 bridgehead atoms. The van der Waals surface area contributed by atoms with Gasteiger partial charge < -0.3 is 31.0 Å². The quantitative estimate of drug-likeness (QED) is 0.286. The van der Waals surface area contributed by atoms with Crippen LogP contribution in [0.5, 0.6) is 5.75 Å². The van der Waals surface area contributed by atoms with Crippen molar-refractivity contribution < 1.29 is 30.4 Å². The predicted octanol–water partition coefficient (Wildman–Crippen LogP) is -3.01. The van der Waals surface area contributed by atoms with E-state index < -0.39 is 17.9 Å². The van der Waals surface area contributed by atoms with Crippen molar-refractivity contribution in [3.05, 3.63) is 24.3 Å². The van der Waals surface area contributed by atoms with Crippen molar-refractivity contribution in [2.75, 3.05) is 25.5 Å². The van der Waals surface area contributed by atoms with E-state index in [-0.39, 0.29) is 12.2 Å². The number of amides is 1. The van der Waals surface area contributed by atoms with Crippen LogP contribution in [0.4, 0.5) is 5.69 Å².